The summed E-state index contributed by atoms with van der Waals surface area (Å²) in [7, 11) is 1.68. The van der Waals surface area contributed by atoms with Crippen molar-refractivity contribution in [2.75, 3.05) is 0 Å². The van der Waals surface area contributed by atoms with Gasteiger partial charge < -0.3 is 9.88 Å². The Morgan fingerprint density at radius 3 is 2.57 bits per heavy atom. The summed E-state index contributed by atoms with van der Waals surface area (Å²) in [6.45, 7) is 7.69. The Kier molecular flexibility index (Phi) is 4.98. The fourth-order valence-electron chi connectivity index (χ4n) is 2.66. The summed E-state index contributed by atoms with van der Waals surface area (Å²) in [4.78, 5) is 29.2. The largest absolute Gasteiger partial charge is 0.345 e. The summed E-state index contributed by atoms with van der Waals surface area (Å²) in [5.41, 5.74) is 2.38. The summed E-state index contributed by atoms with van der Waals surface area (Å²) in [6.07, 6.45) is 3.44. The Hall–Kier alpha value is -2.43. The maximum Gasteiger partial charge on any atom is 0.263 e. The molecule has 0 saturated heterocycles. The van der Waals surface area contributed by atoms with E-state index < -0.39 is 0 Å². The third-order valence-corrected chi connectivity index (χ3v) is 4.09. The van der Waals surface area contributed by atoms with Gasteiger partial charge >= 0.3 is 0 Å². The predicted octanol–water partition coefficient (Wildman–Crippen LogP) is 2.52. The normalized spacial score (nSPS) is 12.3. The minimum atomic E-state index is -0.342. The van der Waals surface area contributed by atoms with Crippen LogP contribution in [0.4, 0.5) is 0 Å². The minimum absolute atomic E-state index is 0.178. The van der Waals surface area contributed by atoms with Gasteiger partial charge in [-0.25, -0.2) is 0 Å². The number of aryl methyl sites for hydroxylation is 2. The Balaban J connectivity index is 2.38. The van der Waals surface area contributed by atoms with Crippen molar-refractivity contribution in [3.05, 3.63) is 63.3 Å². The van der Waals surface area contributed by atoms with Crippen LogP contribution in [-0.2, 0) is 7.05 Å². The summed E-state index contributed by atoms with van der Waals surface area (Å²) < 4.78 is 1.50. The van der Waals surface area contributed by atoms with Gasteiger partial charge in [0, 0.05) is 25.1 Å². The molecule has 5 heteroatoms. The van der Waals surface area contributed by atoms with E-state index in [1.165, 1.54) is 4.57 Å². The molecule has 0 spiro atoms. The molecule has 1 N–H and O–H groups in total. The summed E-state index contributed by atoms with van der Waals surface area (Å²) in [5.74, 6) is -0.164. The SMILES string of the molecule is Cc1cc(C)n(C)c(=O)c1C(=O)NC(c1cccnc1)C(C)C. The monoisotopic (exact) mass is 313 g/mol. The van der Waals surface area contributed by atoms with Crippen molar-refractivity contribution >= 4 is 5.91 Å². The van der Waals surface area contributed by atoms with Crippen LogP contribution in [0, 0.1) is 19.8 Å². The van der Waals surface area contributed by atoms with Gasteiger partial charge in [0.2, 0.25) is 0 Å². The van der Waals surface area contributed by atoms with Crippen molar-refractivity contribution in [3.8, 4) is 0 Å². The highest BCUT2D eigenvalue weighted by Gasteiger charge is 2.22. The van der Waals surface area contributed by atoms with Crippen molar-refractivity contribution in [2.24, 2.45) is 13.0 Å². The zero-order valence-corrected chi connectivity index (χ0v) is 14.3. The Labute approximate surface area is 136 Å². The molecule has 1 unspecified atom stereocenters. The van der Waals surface area contributed by atoms with Crippen molar-refractivity contribution < 1.29 is 4.79 Å². The van der Waals surface area contributed by atoms with Gasteiger partial charge in [0.15, 0.2) is 0 Å². The molecular formula is C18H23N3O2. The number of pyridine rings is 2. The van der Waals surface area contributed by atoms with Gasteiger partial charge in [0.1, 0.15) is 5.56 Å². The van der Waals surface area contributed by atoms with Gasteiger partial charge in [-0.2, -0.15) is 0 Å². The predicted molar refractivity (Wildman–Crippen MR) is 90.4 cm³/mol. The molecule has 0 saturated carbocycles. The van der Waals surface area contributed by atoms with Crippen LogP contribution in [0.25, 0.3) is 0 Å². The molecule has 2 aromatic heterocycles. The van der Waals surface area contributed by atoms with Gasteiger partial charge in [0.05, 0.1) is 6.04 Å². The molecule has 0 aliphatic heterocycles. The zero-order chi connectivity index (χ0) is 17.1. The van der Waals surface area contributed by atoms with Crippen molar-refractivity contribution in [1.82, 2.24) is 14.9 Å². The van der Waals surface area contributed by atoms with Gasteiger partial charge in [-0.3, -0.25) is 14.6 Å². The molecule has 2 aromatic rings. The molecular weight excluding hydrogens is 290 g/mol. The highest BCUT2D eigenvalue weighted by Crippen LogP contribution is 2.21. The molecule has 0 aromatic carbocycles. The molecule has 5 nitrogen and oxygen atoms in total. The molecule has 1 amide bonds. The number of hydrogen-bond donors (Lipinski definition) is 1. The van der Waals surface area contributed by atoms with E-state index in [0.29, 0.717) is 5.56 Å². The van der Waals surface area contributed by atoms with Gasteiger partial charge in [-0.05, 0) is 43.0 Å². The van der Waals surface area contributed by atoms with E-state index in [1.54, 1.807) is 26.4 Å². The molecule has 23 heavy (non-hydrogen) atoms. The van der Waals surface area contributed by atoms with E-state index >= 15 is 0 Å². The first-order chi connectivity index (χ1) is 10.8. The lowest BCUT2D eigenvalue weighted by molar-refractivity contribution is 0.0922. The van der Waals surface area contributed by atoms with Crippen LogP contribution in [0.15, 0.2) is 35.4 Å². The average Bonchev–Trinajstić information content (AvgIpc) is 2.51. The third kappa shape index (κ3) is 3.50. The topological polar surface area (TPSA) is 64.0 Å². The number of nitrogens with zero attached hydrogens (tertiary/aromatic N) is 2. The van der Waals surface area contributed by atoms with Crippen LogP contribution in [0.2, 0.25) is 0 Å². The highest BCUT2D eigenvalue weighted by molar-refractivity contribution is 5.95. The second-order valence-electron chi connectivity index (χ2n) is 6.19. The fourth-order valence-corrected chi connectivity index (χ4v) is 2.66. The summed E-state index contributed by atoms with van der Waals surface area (Å²) in [6, 6.07) is 5.43. The van der Waals surface area contributed by atoms with Crippen LogP contribution in [0.5, 0.6) is 0 Å². The molecule has 122 valence electrons. The number of amides is 1. The average molecular weight is 313 g/mol. The third-order valence-electron chi connectivity index (χ3n) is 4.09. The minimum Gasteiger partial charge on any atom is -0.345 e. The maximum absolute atomic E-state index is 12.7. The van der Waals surface area contributed by atoms with Crippen LogP contribution in [0.1, 0.15) is 47.1 Å². The van der Waals surface area contributed by atoms with Crippen molar-refractivity contribution in [3.63, 3.8) is 0 Å². The first-order valence-electron chi connectivity index (χ1n) is 7.71. The van der Waals surface area contributed by atoms with Gasteiger partial charge in [0.25, 0.3) is 11.5 Å². The van der Waals surface area contributed by atoms with E-state index in [-0.39, 0.29) is 29.0 Å². The lowest BCUT2D eigenvalue weighted by Gasteiger charge is -2.23. The Bertz CT molecular complexity index is 764. The lowest BCUT2D eigenvalue weighted by atomic mass is 9.96. The standard InChI is InChI=1S/C18H23N3O2/c1-11(2)16(14-7-6-8-19-10-14)20-17(22)15-12(3)9-13(4)21(5)18(15)23/h6-11,16H,1-5H3,(H,20,22). The Morgan fingerprint density at radius 2 is 2.00 bits per heavy atom. The zero-order valence-electron chi connectivity index (χ0n) is 14.3. The van der Waals surface area contributed by atoms with E-state index in [2.05, 4.69) is 10.3 Å². The second-order valence-corrected chi connectivity index (χ2v) is 6.19. The number of nitrogens with one attached hydrogen (secondary N) is 1. The molecule has 2 rings (SSSR count). The fraction of sp³-hybridized carbons (Fsp3) is 0.389. The Morgan fingerprint density at radius 1 is 1.30 bits per heavy atom. The first-order valence-corrected chi connectivity index (χ1v) is 7.71. The van der Waals surface area contributed by atoms with Crippen molar-refractivity contribution in [2.45, 2.75) is 33.7 Å². The highest BCUT2D eigenvalue weighted by atomic mass is 16.2. The molecule has 0 aliphatic carbocycles. The number of carbonyl (C=O) groups is 1. The van der Waals surface area contributed by atoms with Gasteiger partial charge in [-0.1, -0.05) is 19.9 Å². The van der Waals surface area contributed by atoms with Crippen LogP contribution < -0.4 is 10.9 Å². The van der Waals surface area contributed by atoms with E-state index in [9.17, 15) is 9.59 Å². The van der Waals surface area contributed by atoms with Crippen molar-refractivity contribution in [1.29, 1.82) is 0 Å². The lowest BCUT2D eigenvalue weighted by Crippen LogP contribution is -2.37. The van der Waals surface area contributed by atoms with Crippen LogP contribution in [0.3, 0.4) is 0 Å². The number of rotatable bonds is 4. The van der Waals surface area contributed by atoms with E-state index in [4.69, 9.17) is 0 Å². The van der Waals surface area contributed by atoms with E-state index in [1.807, 2.05) is 39.0 Å². The molecule has 1 atom stereocenters. The number of hydrogen-bond acceptors (Lipinski definition) is 3. The molecule has 0 aliphatic rings. The summed E-state index contributed by atoms with van der Waals surface area (Å²) >= 11 is 0. The quantitative estimate of drug-likeness (QED) is 0.943. The molecule has 0 bridgehead atoms. The molecule has 0 fully saturated rings. The number of carbonyl (C=O) groups excluding carboxylic acids is 1. The molecule has 0 radical (unpaired) electrons. The summed E-state index contributed by atoms with van der Waals surface area (Å²) in [5, 5.41) is 2.99. The first kappa shape index (κ1) is 16.9. The smallest absolute Gasteiger partial charge is 0.263 e. The molecule has 2 heterocycles. The van der Waals surface area contributed by atoms with E-state index in [0.717, 1.165) is 11.3 Å². The second kappa shape index (κ2) is 6.77. The van der Waals surface area contributed by atoms with Crippen LogP contribution >= 0.6 is 0 Å². The maximum atomic E-state index is 12.7. The number of aromatic nitrogens is 2. The van der Waals surface area contributed by atoms with Gasteiger partial charge in [-0.15, -0.1) is 0 Å². The van der Waals surface area contributed by atoms with Crippen LogP contribution in [-0.4, -0.2) is 15.5 Å².